The molecule has 3 aromatic rings. The maximum absolute atomic E-state index is 13.4. The molecule has 2 aliphatic rings. The lowest BCUT2D eigenvalue weighted by atomic mass is 9.82. The second-order valence-electron chi connectivity index (χ2n) is 9.80. The van der Waals surface area contributed by atoms with Crippen LogP contribution in [0.25, 0.3) is 11.5 Å². The number of amides is 1. The number of piperidine rings is 1. The van der Waals surface area contributed by atoms with Gasteiger partial charge in [-0.2, -0.15) is 5.10 Å². The zero-order valence-electron chi connectivity index (χ0n) is 19.2. The van der Waals surface area contributed by atoms with Crippen molar-refractivity contribution in [1.29, 1.82) is 0 Å². The summed E-state index contributed by atoms with van der Waals surface area (Å²) in [4.78, 5) is 32.1. The Hall–Kier alpha value is -3.02. The van der Waals surface area contributed by atoms with E-state index in [-0.39, 0.29) is 23.5 Å². The number of nitrogens with zero attached hydrogens (tertiary/aromatic N) is 6. The number of likely N-dealkylation sites (tertiary alicyclic amines) is 2. The third kappa shape index (κ3) is 3.85. The Labute approximate surface area is 190 Å². The second-order valence-corrected chi connectivity index (χ2v) is 9.80. The summed E-state index contributed by atoms with van der Waals surface area (Å²) in [7, 11) is 0. The lowest BCUT2D eigenvalue weighted by Gasteiger charge is -2.54. The molecular weight excluding hydrogens is 426 g/mol. The van der Waals surface area contributed by atoms with Crippen LogP contribution < -0.4 is 5.56 Å². The first-order valence-corrected chi connectivity index (χ1v) is 11.2. The molecule has 0 saturated carbocycles. The minimum Gasteiger partial charge on any atom is -0.356 e. The zero-order valence-corrected chi connectivity index (χ0v) is 19.2. The second kappa shape index (κ2) is 7.79. The first-order valence-electron chi connectivity index (χ1n) is 11.2. The molecule has 3 atom stereocenters. The van der Waals surface area contributed by atoms with Gasteiger partial charge in [0.25, 0.3) is 11.5 Å². The molecule has 3 aromatic heterocycles. The lowest BCUT2D eigenvalue weighted by molar-refractivity contribution is -0.251. The van der Waals surface area contributed by atoms with Gasteiger partial charge in [0.15, 0.2) is 0 Å². The smallest absolute Gasteiger partial charge is 0.276 e. The molecule has 176 valence electrons. The molecule has 33 heavy (non-hydrogen) atoms. The van der Waals surface area contributed by atoms with Crippen LogP contribution in [0.3, 0.4) is 0 Å². The standard InChI is InChI=1S/C22H29N7O4/c1-13-15(10-23-29(13)20-24-18(30)16-6-5-8-28(16)25-20)19(31)27-11-14-7-9-26(12-17(14)27)21(32)33-22(2,3)4/h5-6,8,10,14,17,21,32H,7,9,11-12H2,1-4H3,(H,24,25,30)/t14-,17-,21?/m0/s1. The Morgan fingerprint density at radius 1 is 1.33 bits per heavy atom. The number of aliphatic hydroxyl groups excluding tert-OH is 1. The first-order chi connectivity index (χ1) is 15.6. The van der Waals surface area contributed by atoms with Crippen molar-refractivity contribution in [3.05, 3.63) is 46.1 Å². The summed E-state index contributed by atoms with van der Waals surface area (Å²) in [5.41, 5.74) is 0.757. The lowest BCUT2D eigenvalue weighted by Crippen LogP contribution is -2.67. The normalized spacial score (nSPS) is 22.3. The number of aromatic nitrogens is 5. The summed E-state index contributed by atoms with van der Waals surface area (Å²) in [6.07, 6.45) is 3.10. The van der Waals surface area contributed by atoms with E-state index in [1.165, 1.54) is 15.4 Å². The van der Waals surface area contributed by atoms with Crippen LogP contribution in [0.1, 0.15) is 43.2 Å². The molecule has 2 aliphatic heterocycles. The molecule has 1 amide bonds. The van der Waals surface area contributed by atoms with Gasteiger partial charge in [-0.1, -0.05) is 0 Å². The van der Waals surface area contributed by atoms with Crippen LogP contribution >= 0.6 is 0 Å². The number of hydrogen-bond acceptors (Lipinski definition) is 7. The Bertz CT molecular complexity index is 1250. The largest absolute Gasteiger partial charge is 0.356 e. The van der Waals surface area contributed by atoms with E-state index in [0.29, 0.717) is 35.8 Å². The van der Waals surface area contributed by atoms with Gasteiger partial charge in [-0.05, 0) is 52.2 Å². The first kappa shape index (κ1) is 21.8. The molecule has 0 radical (unpaired) electrons. The van der Waals surface area contributed by atoms with Crippen molar-refractivity contribution in [3.63, 3.8) is 0 Å². The fourth-order valence-corrected chi connectivity index (χ4v) is 4.66. The summed E-state index contributed by atoms with van der Waals surface area (Å²) < 4.78 is 8.65. The summed E-state index contributed by atoms with van der Waals surface area (Å²) in [6, 6.07) is 3.43. The SMILES string of the molecule is Cc1c(C(=O)N2C[C@@H]3CCN(C(O)OC(C)(C)C)C[C@@H]32)cnn1-c1nn2cccc2c(=O)[nH]1. The Balaban J connectivity index is 1.34. The molecule has 5 rings (SSSR count). The Morgan fingerprint density at radius 2 is 2.12 bits per heavy atom. The highest BCUT2D eigenvalue weighted by atomic mass is 16.6. The van der Waals surface area contributed by atoms with E-state index in [9.17, 15) is 14.7 Å². The van der Waals surface area contributed by atoms with Crippen LogP contribution in [0, 0.1) is 12.8 Å². The summed E-state index contributed by atoms with van der Waals surface area (Å²) in [6.45, 7) is 9.46. The molecule has 5 heterocycles. The van der Waals surface area contributed by atoms with Crippen molar-refractivity contribution in [2.24, 2.45) is 5.92 Å². The summed E-state index contributed by atoms with van der Waals surface area (Å²) in [5.74, 6) is 0.544. The minimum atomic E-state index is -1.00. The molecule has 0 aliphatic carbocycles. The van der Waals surface area contributed by atoms with Crippen molar-refractivity contribution in [2.75, 3.05) is 19.6 Å². The molecule has 2 saturated heterocycles. The maximum Gasteiger partial charge on any atom is 0.276 e. The van der Waals surface area contributed by atoms with Gasteiger partial charge in [-0.25, -0.2) is 9.20 Å². The summed E-state index contributed by atoms with van der Waals surface area (Å²) >= 11 is 0. The Kier molecular flexibility index (Phi) is 5.15. The third-order valence-electron chi connectivity index (χ3n) is 6.45. The van der Waals surface area contributed by atoms with Gasteiger partial charge in [-0.3, -0.25) is 19.5 Å². The van der Waals surface area contributed by atoms with Gasteiger partial charge in [0.2, 0.25) is 12.4 Å². The third-order valence-corrected chi connectivity index (χ3v) is 6.45. The summed E-state index contributed by atoms with van der Waals surface area (Å²) in [5, 5.41) is 19.2. The molecular formula is C22H29N7O4. The van der Waals surface area contributed by atoms with Gasteiger partial charge in [0, 0.05) is 31.9 Å². The Morgan fingerprint density at radius 3 is 2.88 bits per heavy atom. The number of H-pyrrole nitrogens is 1. The van der Waals surface area contributed by atoms with Crippen LogP contribution in [0.2, 0.25) is 0 Å². The van der Waals surface area contributed by atoms with E-state index >= 15 is 0 Å². The number of carbonyl (C=O) groups is 1. The number of carbonyl (C=O) groups excluding carboxylic acids is 1. The van der Waals surface area contributed by atoms with Crippen LogP contribution in [-0.4, -0.2) is 82.9 Å². The average molecular weight is 456 g/mol. The quantitative estimate of drug-likeness (QED) is 0.557. The molecule has 11 heteroatoms. The topological polar surface area (TPSA) is 121 Å². The molecule has 11 nitrogen and oxygen atoms in total. The molecule has 2 fully saturated rings. The van der Waals surface area contributed by atoms with Crippen molar-refractivity contribution in [2.45, 2.75) is 52.2 Å². The highest BCUT2D eigenvalue weighted by molar-refractivity contribution is 5.96. The van der Waals surface area contributed by atoms with E-state index in [1.54, 1.807) is 25.3 Å². The molecule has 2 N–H and O–H groups in total. The highest BCUT2D eigenvalue weighted by Gasteiger charge is 2.47. The number of aliphatic hydroxyl groups is 1. The van der Waals surface area contributed by atoms with Crippen LogP contribution in [-0.2, 0) is 4.74 Å². The minimum absolute atomic E-state index is 0.0152. The van der Waals surface area contributed by atoms with Crippen LogP contribution in [0.5, 0.6) is 0 Å². The average Bonchev–Trinajstić information content (AvgIpc) is 3.34. The number of fused-ring (bicyclic) bond motifs is 2. The monoisotopic (exact) mass is 455 g/mol. The highest BCUT2D eigenvalue weighted by Crippen LogP contribution is 2.35. The predicted octanol–water partition coefficient (Wildman–Crippen LogP) is 0.754. The number of nitrogens with one attached hydrogen (secondary N) is 1. The van der Waals surface area contributed by atoms with Gasteiger partial charge < -0.3 is 14.7 Å². The van der Waals surface area contributed by atoms with E-state index < -0.39 is 12.0 Å². The van der Waals surface area contributed by atoms with Gasteiger partial charge in [0.1, 0.15) is 5.52 Å². The number of aromatic amines is 1. The van der Waals surface area contributed by atoms with Gasteiger partial charge in [-0.15, -0.1) is 5.10 Å². The van der Waals surface area contributed by atoms with Crippen molar-refractivity contribution >= 4 is 11.4 Å². The molecule has 0 spiro atoms. The van der Waals surface area contributed by atoms with Gasteiger partial charge >= 0.3 is 0 Å². The van der Waals surface area contributed by atoms with E-state index in [0.717, 1.165) is 13.0 Å². The predicted molar refractivity (Wildman–Crippen MR) is 119 cm³/mol. The van der Waals surface area contributed by atoms with Crippen molar-refractivity contribution < 1.29 is 14.6 Å². The number of rotatable bonds is 4. The van der Waals surface area contributed by atoms with Gasteiger partial charge in [0.05, 0.1) is 23.1 Å². The molecule has 1 unspecified atom stereocenters. The van der Waals surface area contributed by atoms with E-state index in [2.05, 4.69) is 15.2 Å². The van der Waals surface area contributed by atoms with Crippen LogP contribution in [0.4, 0.5) is 0 Å². The van der Waals surface area contributed by atoms with E-state index in [1.807, 2.05) is 30.6 Å². The molecule has 0 aromatic carbocycles. The number of hydrogen-bond donors (Lipinski definition) is 2. The fourth-order valence-electron chi connectivity index (χ4n) is 4.66. The zero-order chi connectivity index (χ0) is 23.5. The van der Waals surface area contributed by atoms with E-state index in [4.69, 9.17) is 4.74 Å². The van der Waals surface area contributed by atoms with Crippen molar-refractivity contribution in [3.8, 4) is 5.95 Å². The van der Waals surface area contributed by atoms with Crippen molar-refractivity contribution in [1.82, 2.24) is 34.2 Å². The fraction of sp³-hybridized carbons (Fsp3) is 0.545. The van der Waals surface area contributed by atoms with Crippen LogP contribution in [0.15, 0.2) is 29.3 Å². The molecule has 0 bridgehead atoms. The maximum atomic E-state index is 13.4. The number of ether oxygens (including phenoxy) is 1.